The van der Waals surface area contributed by atoms with Gasteiger partial charge in [0.2, 0.25) is 0 Å². The van der Waals surface area contributed by atoms with E-state index in [0.29, 0.717) is 37.5 Å². The third kappa shape index (κ3) is 3.24. The minimum Gasteiger partial charge on any atom is -0.459 e. The van der Waals surface area contributed by atoms with Crippen molar-refractivity contribution in [2.24, 2.45) is 0 Å². The molecular weight excluding hydrogens is 380 g/mol. The highest BCUT2D eigenvalue weighted by Crippen LogP contribution is 2.21. The van der Waals surface area contributed by atoms with Gasteiger partial charge in [0, 0.05) is 37.4 Å². The molecule has 0 unspecified atom stereocenters. The van der Waals surface area contributed by atoms with Gasteiger partial charge in [0.15, 0.2) is 5.76 Å². The van der Waals surface area contributed by atoms with E-state index in [9.17, 15) is 9.59 Å². The van der Waals surface area contributed by atoms with Gasteiger partial charge >= 0.3 is 0 Å². The molecule has 1 fully saturated rings. The summed E-state index contributed by atoms with van der Waals surface area (Å²) >= 11 is 0. The van der Waals surface area contributed by atoms with Crippen LogP contribution in [0.3, 0.4) is 0 Å². The van der Waals surface area contributed by atoms with Crippen LogP contribution < -0.4 is 0 Å². The van der Waals surface area contributed by atoms with Crippen molar-refractivity contribution in [3.05, 3.63) is 84.6 Å². The summed E-state index contributed by atoms with van der Waals surface area (Å²) in [6.45, 7) is 1.94. The van der Waals surface area contributed by atoms with Crippen LogP contribution >= 0.6 is 0 Å². The summed E-state index contributed by atoms with van der Waals surface area (Å²) in [5, 5.41) is 0. The molecule has 7 nitrogen and oxygen atoms in total. The maximum atomic E-state index is 13.0. The van der Waals surface area contributed by atoms with Gasteiger partial charge in [-0.2, -0.15) is 0 Å². The van der Waals surface area contributed by atoms with E-state index in [-0.39, 0.29) is 11.8 Å². The number of rotatable bonds is 3. The third-order valence-electron chi connectivity index (χ3n) is 5.41. The van der Waals surface area contributed by atoms with Crippen molar-refractivity contribution in [3.63, 3.8) is 0 Å². The molecule has 0 N–H and O–H groups in total. The highest BCUT2D eigenvalue weighted by Gasteiger charge is 2.26. The fourth-order valence-electron chi connectivity index (χ4n) is 3.79. The predicted octanol–water partition coefficient (Wildman–Crippen LogP) is 3.22. The molecule has 7 heteroatoms. The molecule has 30 heavy (non-hydrogen) atoms. The Morgan fingerprint density at radius 1 is 0.833 bits per heavy atom. The van der Waals surface area contributed by atoms with Gasteiger partial charge in [0.05, 0.1) is 17.3 Å². The molecule has 1 saturated heterocycles. The number of piperazine rings is 1. The summed E-state index contributed by atoms with van der Waals surface area (Å²) in [4.78, 5) is 33.4. The number of furan rings is 1. The van der Waals surface area contributed by atoms with Crippen molar-refractivity contribution in [2.45, 2.75) is 0 Å². The van der Waals surface area contributed by atoms with Gasteiger partial charge in [0.25, 0.3) is 11.8 Å². The van der Waals surface area contributed by atoms with Crippen LogP contribution in [0.4, 0.5) is 0 Å². The minimum atomic E-state index is -0.139. The van der Waals surface area contributed by atoms with E-state index in [1.807, 2.05) is 53.1 Å². The Morgan fingerprint density at radius 2 is 1.57 bits per heavy atom. The Labute approximate surface area is 173 Å². The van der Waals surface area contributed by atoms with E-state index in [4.69, 9.17) is 4.42 Å². The Kier molecular flexibility index (Phi) is 4.55. The van der Waals surface area contributed by atoms with Gasteiger partial charge in [-0.05, 0) is 42.5 Å². The van der Waals surface area contributed by atoms with Crippen molar-refractivity contribution in [2.75, 3.05) is 26.2 Å². The first-order chi connectivity index (χ1) is 14.7. The molecule has 2 aromatic carbocycles. The number of carbonyl (C=O) groups is 2. The lowest BCUT2D eigenvalue weighted by molar-refractivity contribution is 0.0518. The number of amides is 2. The first-order valence-corrected chi connectivity index (χ1v) is 9.85. The number of benzene rings is 2. The van der Waals surface area contributed by atoms with Crippen LogP contribution in [-0.2, 0) is 0 Å². The molecule has 5 rings (SSSR count). The van der Waals surface area contributed by atoms with Crippen LogP contribution in [0.1, 0.15) is 20.9 Å². The zero-order valence-electron chi connectivity index (χ0n) is 16.3. The molecule has 1 aliphatic rings. The molecule has 150 valence electrons. The fourth-order valence-corrected chi connectivity index (χ4v) is 3.79. The van der Waals surface area contributed by atoms with E-state index in [1.165, 1.54) is 6.26 Å². The number of aromatic nitrogens is 2. The average Bonchev–Trinajstić information content (AvgIpc) is 3.48. The van der Waals surface area contributed by atoms with Gasteiger partial charge in [-0.15, -0.1) is 0 Å². The third-order valence-corrected chi connectivity index (χ3v) is 5.41. The highest BCUT2D eigenvalue weighted by atomic mass is 16.3. The molecular formula is C23H20N4O3. The lowest BCUT2D eigenvalue weighted by atomic mass is 10.1. The fraction of sp³-hybridized carbons (Fsp3) is 0.174. The van der Waals surface area contributed by atoms with Crippen LogP contribution in [0, 0.1) is 0 Å². The van der Waals surface area contributed by atoms with Crippen LogP contribution in [0.25, 0.3) is 16.7 Å². The Hall–Kier alpha value is -3.87. The number of para-hydroxylation sites is 1. The molecule has 3 heterocycles. The monoisotopic (exact) mass is 400 g/mol. The predicted molar refractivity (Wildman–Crippen MR) is 112 cm³/mol. The largest absolute Gasteiger partial charge is 0.459 e. The molecule has 4 aromatic rings. The Balaban J connectivity index is 1.30. The van der Waals surface area contributed by atoms with E-state index in [0.717, 1.165) is 16.7 Å². The van der Waals surface area contributed by atoms with Crippen molar-refractivity contribution in [1.29, 1.82) is 0 Å². The summed E-state index contributed by atoms with van der Waals surface area (Å²) in [5.41, 5.74) is 3.35. The second-order valence-electron chi connectivity index (χ2n) is 7.22. The average molecular weight is 400 g/mol. The molecule has 0 radical (unpaired) electrons. The molecule has 1 aliphatic heterocycles. The summed E-state index contributed by atoms with van der Waals surface area (Å²) in [5.74, 6) is 0.144. The first kappa shape index (κ1) is 18.2. The molecule has 2 aromatic heterocycles. The van der Waals surface area contributed by atoms with Gasteiger partial charge in [-0.3, -0.25) is 14.2 Å². The van der Waals surface area contributed by atoms with Crippen LogP contribution in [0.2, 0.25) is 0 Å². The SMILES string of the molecule is O=C(c1ccc2c(c1)ncn2-c1ccccc1)N1CCN(C(=O)c2ccco2)CC1. The molecule has 0 bridgehead atoms. The maximum Gasteiger partial charge on any atom is 0.289 e. The summed E-state index contributed by atoms with van der Waals surface area (Å²) < 4.78 is 7.19. The number of fused-ring (bicyclic) bond motifs is 1. The molecule has 0 spiro atoms. The lowest BCUT2D eigenvalue weighted by Crippen LogP contribution is -2.50. The van der Waals surface area contributed by atoms with Crippen LogP contribution in [0.5, 0.6) is 0 Å². The number of hydrogen-bond donors (Lipinski definition) is 0. The summed E-state index contributed by atoms with van der Waals surface area (Å²) in [7, 11) is 0. The number of nitrogens with zero attached hydrogens (tertiary/aromatic N) is 4. The topological polar surface area (TPSA) is 71.6 Å². The highest BCUT2D eigenvalue weighted by molar-refractivity contribution is 5.98. The molecule has 0 aliphatic carbocycles. The molecule has 2 amide bonds. The smallest absolute Gasteiger partial charge is 0.289 e. The summed E-state index contributed by atoms with van der Waals surface area (Å²) in [6.07, 6.45) is 3.26. The van der Waals surface area contributed by atoms with Crippen molar-refractivity contribution in [3.8, 4) is 5.69 Å². The molecule has 0 atom stereocenters. The second-order valence-corrected chi connectivity index (χ2v) is 7.22. The minimum absolute atomic E-state index is 0.0451. The number of hydrogen-bond acceptors (Lipinski definition) is 4. The second kappa shape index (κ2) is 7.51. The van der Waals surface area contributed by atoms with Crippen molar-refractivity contribution >= 4 is 22.8 Å². The van der Waals surface area contributed by atoms with Gasteiger partial charge < -0.3 is 14.2 Å². The quantitative estimate of drug-likeness (QED) is 0.529. The van der Waals surface area contributed by atoms with Gasteiger partial charge in [0.1, 0.15) is 6.33 Å². The Morgan fingerprint density at radius 3 is 2.27 bits per heavy atom. The lowest BCUT2D eigenvalue weighted by Gasteiger charge is -2.34. The van der Waals surface area contributed by atoms with E-state index < -0.39 is 0 Å². The van der Waals surface area contributed by atoms with E-state index in [1.54, 1.807) is 28.3 Å². The number of carbonyl (C=O) groups excluding carboxylic acids is 2. The number of imidazole rings is 1. The van der Waals surface area contributed by atoms with Crippen molar-refractivity contribution < 1.29 is 14.0 Å². The summed E-state index contributed by atoms with van der Waals surface area (Å²) in [6, 6.07) is 18.9. The standard InChI is InChI=1S/C23H20N4O3/c28-22(25-10-12-26(13-11-25)23(29)21-7-4-14-30-21)17-8-9-20-19(15-17)24-16-27(20)18-5-2-1-3-6-18/h1-9,14-16H,10-13H2. The van der Waals surface area contributed by atoms with Crippen molar-refractivity contribution in [1.82, 2.24) is 19.4 Å². The van der Waals surface area contributed by atoms with Gasteiger partial charge in [-0.1, -0.05) is 18.2 Å². The van der Waals surface area contributed by atoms with Gasteiger partial charge in [-0.25, -0.2) is 4.98 Å². The zero-order valence-corrected chi connectivity index (χ0v) is 16.3. The van der Waals surface area contributed by atoms with Crippen LogP contribution in [0.15, 0.2) is 77.7 Å². The normalized spacial score (nSPS) is 14.3. The zero-order chi connectivity index (χ0) is 20.5. The molecule has 0 saturated carbocycles. The van der Waals surface area contributed by atoms with E-state index >= 15 is 0 Å². The maximum absolute atomic E-state index is 13.0. The van der Waals surface area contributed by atoms with Crippen LogP contribution in [-0.4, -0.2) is 57.3 Å². The van der Waals surface area contributed by atoms with E-state index in [2.05, 4.69) is 4.98 Å². The first-order valence-electron chi connectivity index (χ1n) is 9.85. The Bertz CT molecular complexity index is 1190.